The van der Waals surface area contributed by atoms with Gasteiger partial charge in [-0.15, -0.1) is 0 Å². The fourth-order valence-corrected chi connectivity index (χ4v) is 0.966. The molecule has 0 fully saturated rings. The number of hydrogen-bond acceptors (Lipinski definition) is 4. The number of carboxylic acids is 2. The van der Waals surface area contributed by atoms with Gasteiger partial charge in [0, 0.05) is 6.20 Å². The standard InChI is InChI=1S/C6H4BrNO2.C2H5NO2/c7-5-4(6(9)10)2-1-3-8-5;3-1-2(4)5/h1-3H,(H,9,10);1,3H2,(H,4,5). The lowest BCUT2D eigenvalue weighted by molar-refractivity contribution is -0.135. The molecule has 0 bridgehead atoms. The van der Waals surface area contributed by atoms with Crippen LogP contribution >= 0.6 is 15.9 Å². The van der Waals surface area contributed by atoms with Crippen molar-refractivity contribution in [2.24, 2.45) is 5.73 Å². The highest BCUT2D eigenvalue weighted by atomic mass is 79.9. The summed E-state index contributed by atoms with van der Waals surface area (Å²) in [4.78, 5) is 23.3. The van der Waals surface area contributed by atoms with Crippen LogP contribution in [0, 0.1) is 0 Å². The Morgan fingerprint density at radius 1 is 1.47 bits per heavy atom. The van der Waals surface area contributed by atoms with Crippen LogP contribution in [-0.2, 0) is 4.79 Å². The molecule has 15 heavy (non-hydrogen) atoms. The summed E-state index contributed by atoms with van der Waals surface area (Å²) in [5.74, 6) is -1.94. The van der Waals surface area contributed by atoms with E-state index < -0.39 is 11.9 Å². The smallest absolute Gasteiger partial charge is 0.338 e. The number of nitrogens with zero attached hydrogens (tertiary/aromatic N) is 1. The zero-order valence-corrected chi connectivity index (χ0v) is 9.14. The van der Waals surface area contributed by atoms with E-state index in [-0.39, 0.29) is 12.1 Å². The lowest BCUT2D eigenvalue weighted by Crippen LogP contribution is -2.10. The maximum Gasteiger partial charge on any atom is 0.338 e. The monoisotopic (exact) mass is 276 g/mol. The van der Waals surface area contributed by atoms with Crippen LogP contribution in [0.2, 0.25) is 0 Å². The van der Waals surface area contributed by atoms with Crippen molar-refractivity contribution in [3.63, 3.8) is 0 Å². The quantitative estimate of drug-likeness (QED) is 0.681. The Bertz CT molecular complexity index is 356. The molecule has 1 aromatic heterocycles. The Balaban J connectivity index is 0.000000336. The molecule has 0 saturated heterocycles. The maximum absolute atomic E-state index is 10.4. The summed E-state index contributed by atoms with van der Waals surface area (Å²) in [6.07, 6.45) is 1.52. The molecule has 0 spiro atoms. The summed E-state index contributed by atoms with van der Waals surface area (Å²) in [5.41, 5.74) is 4.75. The third kappa shape index (κ3) is 5.76. The van der Waals surface area contributed by atoms with E-state index in [1.54, 1.807) is 6.07 Å². The van der Waals surface area contributed by atoms with Crippen LogP contribution in [0.25, 0.3) is 0 Å². The second kappa shape index (κ2) is 6.91. The average Bonchev–Trinajstić information content (AvgIpc) is 2.19. The van der Waals surface area contributed by atoms with Gasteiger partial charge in [0.05, 0.1) is 12.1 Å². The van der Waals surface area contributed by atoms with Gasteiger partial charge in [0.15, 0.2) is 0 Å². The van der Waals surface area contributed by atoms with Crippen molar-refractivity contribution in [2.45, 2.75) is 0 Å². The Hall–Kier alpha value is -1.47. The average molecular weight is 277 g/mol. The molecule has 0 unspecified atom stereocenters. The minimum absolute atomic E-state index is 0.183. The molecular weight excluding hydrogens is 268 g/mol. The SMILES string of the molecule is NCC(=O)O.O=C(O)c1cccnc1Br. The molecule has 6 nitrogen and oxygen atoms in total. The van der Waals surface area contributed by atoms with Crippen LogP contribution in [0.4, 0.5) is 0 Å². The van der Waals surface area contributed by atoms with Gasteiger partial charge in [0.25, 0.3) is 0 Å². The summed E-state index contributed by atoms with van der Waals surface area (Å²) in [6.45, 7) is -0.278. The number of hydrogen-bond donors (Lipinski definition) is 3. The number of aromatic carboxylic acids is 1. The van der Waals surface area contributed by atoms with Gasteiger partial charge >= 0.3 is 11.9 Å². The van der Waals surface area contributed by atoms with E-state index in [0.29, 0.717) is 4.60 Å². The van der Waals surface area contributed by atoms with Gasteiger partial charge in [-0.2, -0.15) is 0 Å². The number of nitrogens with two attached hydrogens (primary N) is 1. The Morgan fingerprint density at radius 3 is 2.27 bits per heavy atom. The van der Waals surface area contributed by atoms with Crippen LogP contribution in [0.3, 0.4) is 0 Å². The predicted molar refractivity (Wildman–Crippen MR) is 55.6 cm³/mol. The predicted octanol–water partition coefficient (Wildman–Crippen LogP) is 0.572. The first kappa shape index (κ1) is 13.5. The van der Waals surface area contributed by atoms with Crippen molar-refractivity contribution in [3.8, 4) is 0 Å². The normalized spacial score (nSPS) is 8.67. The molecule has 0 atom stereocenters. The fraction of sp³-hybridized carbons (Fsp3) is 0.125. The van der Waals surface area contributed by atoms with Crippen molar-refractivity contribution < 1.29 is 19.8 Å². The molecule has 0 aliphatic rings. The minimum atomic E-state index is -0.972. The molecule has 7 heteroatoms. The third-order valence-corrected chi connectivity index (χ3v) is 1.80. The van der Waals surface area contributed by atoms with E-state index in [4.69, 9.17) is 10.2 Å². The van der Waals surface area contributed by atoms with Gasteiger partial charge < -0.3 is 15.9 Å². The molecule has 0 aliphatic carbocycles. The number of rotatable bonds is 2. The third-order valence-electron chi connectivity index (χ3n) is 1.16. The first-order chi connectivity index (χ1) is 6.99. The largest absolute Gasteiger partial charge is 0.480 e. The fourth-order valence-electron chi connectivity index (χ4n) is 0.546. The molecule has 0 aliphatic heterocycles. The van der Waals surface area contributed by atoms with Gasteiger partial charge in [0.1, 0.15) is 4.60 Å². The van der Waals surface area contributed by atoms with E-state index in [2.05, 4.69) is 26.6 Å². The lowest BCUT2D eigenvalue weighted by atomic mass is 10.3. The summed E-state index contributed by atoms with van der Waals surface area (Å²) in [5, 5.41) is 16.1. The summed E-state index contributed by atoms with van der Waals surface area (Å²) < 4.78 is 0.363. The van der Waals surface area contributed by atoms with Crippen molar-refractivity contribution in [2.75, 3.05) is 6.54 Å². The highest BCUT2D eigenvalue weighted by molar-refractivity contribution is 9.10. The number of carbonyl (C=O) groups is 2. The van der Waals surface area contributed by atoms with Crippen LogP contribution in [0.1, 0.15) is 10.4 Å². The van der Waals surface area contributed by atoms with Crippen LogP contribution in [-0.4, -0.2) is 33.7 Å². The molecule has 0 saturated carbocycles. The summed E-state index contributed by atoms with van der Waals surface area (Å²) in [6, 6.07) is 3.06. The van der Waals surface area contributed by atoms with Crippen LogP contribution < -0.4 is 5.73 Å². The topological polar surface area (TPSA) is 114 Å². The molecule has 4 N–H and O–H groups in total. The summed E-state index contributed by atoms with van der Waals surface area (Å²) >= 11 is 3.00. The Kier molecular flexibility index (Phi) is 6.23. The van der Waals surface area contributed by atoms with E-state index in [9.17, 15) is 9.59 Å². The number of pyridine rings is 1. The van der Waals surface area contributed by atoms with Crippen molar-refractivity contribution in [3.05, 3.63) is 28.5 Å². The highest BCUT2D eigenvalue weighted by Crippen LogP contribution is 2.11. The minimum Gasteiger partial charge on any atom is -0.480 e. The molecule has 0 amide bonds. The highest BCUT2D eigenvalue weighted by Gasteiger charge is 2.05. The molecule has 1 heterocycles. The number of halogens is 1. The van der Waals surface area contributed by atoms with Gasteiger partial charge in [-0.25, -0.2) is 9.78 Å². The van der Waals surface area contributed by atoms with E-state index in [1.165, 1.54) is 12.3 Å². The van der Waals surface area contributed by atoms with Gasteiger partial charge in [-0.05, 0) is 28.1 Å². The van der Waals surface area contributed by atoms with E-state index >= 15 is 0 Å². The second-order valence-electron chi connectivity index (χ2n) is 2.24. The van der Waals surface area contributed by atoms with Crippen LogP contribution in [0.15, 0.2) is 22.9 Å². The zero-order valence-electron chi connectivity index (χ0n) is 7.55. The van der Waals surface area contributed by atoms with Crippen molar-refractivity contribution in [1.29, 1.82) is 0 Å². The Morgan fingerprint density at radius 2 is 2.00 bits per heavy atom. The van der Waals surface area contributed by atoms with E-state index in [0.717, 1.165) is 0 Å². The number of carboxylic acid groups (broad SMARTS) is 2. The zero-order chi connectivity index (χ0) is 11.8. The first-order valence-corrected chi connectivity index (χ1v) is 4.54. The van der Waals surface area contributed by atoms with Gasteiger partial charge in [-0.3, -0.25) is 4.79 Å². The van der Waals surface area contributed by atoms with E-state index in [1.807, 2.05) is 0 Å². The molecule has 82 valence electrons. The number of aromatic nitrogens is 1. The summed E-state index contributed by atoms with van der Waals surface area (Å²) in [7, 11) is 0. The molecule has 0 aromatic carbocycles. The lowest BCUT2D eigenvalue weighted by Gasteiger charge is -1.93. The molecule has 1 aromatic rings. The Labute approximate surface area is 93.9 Å². The maximum atomic E-state index is 10.4. The molecule has 1 rings (SSSR count). The van der Waals surface area contributed by atoms with Gasteiger partial charge in [-0.1, -0.05) is 0 Å². The van der Waals surface area contributed by atoms with Crippen LogP contribution in [0.5, 0.6) is 0 Å². The molecule has 0 radical (unpaired) electrons. The second-order valence-corrected chi connectivity index (χ2v) is 3.00. The van der Waals surface area contributed by atoms with Gasteiger partial charge in [0.2, 0.25) is 0 Å². The first-order valence-electron chi connectivity index (χ1n) is 3.74. The molecular formula is C8H9BrN2O4. The van der Waals surface area contributed by atoms with Crippen molar-refractivity contribution >= 4 is 27.9 Å². The van der Waals surface area contributed by atoms with Crippen molar-refractivity contribution in [1.82, 2.24) is 4.98 Å². The number of aliphatic carboxylic acids is 1.